The zero-order valence-electron chi connectivity index (χ0n) is 28.0. The van der Waals surface area contributed by atoms with Gasteiger partial charge in [-0.15, -0.1) is 0 Å². The molecule has 0 atom stereocenters. The first kappa shape index (κ1) is 29.1. The van der Waals surface area contributed by atoms with Gasteiger partial charge in [-0.2, -0.15) is 0 Å². The molecule has 2 heteroatoms. The Balaban J connectivity index is 1.26. The molecule has 0 aliphatic heterocycles. The topological polar surface area (TPSA) is 8.17 Å². The molecule has 1 aromatic heterocycles. The van der Waals surface area contributed by atoms with Gasteiger partial charge < -0.3 is 9.47 Å². The van der Waals surface area contributed by atoms with E-state index in [1.165, 1.54) is 76.7 Å². The lowest BCUT2D eigenvalue weighted by Gasteiger charge is -2.26. The summed E-state index contributed by atoms with van der Waals surface area (Å²) in [5, 5.41) is 7.76. The van der Waals surface area contributed by atoms with E-state index < -0.39 is 0 Å². The van der Waals surface area contributed by atoms with Gasteiger partial charge in [0.1, 0.15) is 0 Å². The smallest absolute Gasteiger partial charge is 0.0501 e. The van der Waals surface area contributed by atoms with Gasteiger partial charge in [0, 0.05) is 40.4 Å². The highest BCUT2D eigenvalue weighted by molar-refractivity contribution is 6.29. The summed E-state index contributed by atoms with van der Waals surface area (Å²) in [5.41, 5.74) is 13.3. The van der Waals surface area contributed by atoms with E-state index in [0.29, 0.717) is 0 Å². The molecular formula is C47H36N2. The highest BCUT2D eigenvalue weighted by atomic mass is 15.1. The Morgan fingerprint density at radius 2 is 1.00 bits per heavy atom. The number of aryl methyl sites for hydroxylation is 3. The summed E-state index contributed by atoms with van der Waals surface area (Å²) in [6.45, 7) is 4.28. The largest absolute Gasteiger partial charge is 0.344 e. The van der Waals surface area contributed by atoms with Gasteiger partial charge in [0.2, 0.25) is 0 Å². The fourth-order valence-electron chi connectivity index (χ4n) is 7.66. The van der Waals surface area contributed by atoms with Crippen molar-refractivity contribution in [3.63, 3.8) is 0 Å². The lowest BCUT2D eigenvalue weighted by molar-refractivity contribution is 1.02. The van der Waals surface area contributed by atoms with Crippen LogP contribution in [0.2, 0.25) is 0 Å². The molecule has 0 saturated heterocycles. The van der Waals surface area contributed by atoms with Crippen LogP contribution >= 0.6 is 0 Å². The van der Waals surface area contributed by atoms with Crippen LogP contribution in [0.15, 0.2) is 164 Å². The predicted molar refractivity (Wildman–Crippen MR) is 210 cm³/mol. The quantitative estimate of drug-likeness (QED) is 0.184. The van der Waals surface area contributed by atoms with Crippen LogP contribution in [0.1, 0.15) is 11.1 Å². The van der Waals surface area contributed by atoms with Crippen molar-refractivity contribution >= 4 is 60.4 Å². The summed E-state index contributed by atoms with van der Waals surface area (Å²) >= 11 is 0. The summed E-state index contributed by atoms with van der Waals surface area (Å²) in [5.74, 6) is 0. The molecule has 1 heterocycles. The lowest BCUT2D eigenvalue weighted by atomic mass is 9.89. The number of anilines is 3. The Labute approximate surface area is 287 Å². The van der Waals surface area contributed by atoms with Crippen LogP contribution in [0.3, 0.4) is 0 Å². The number of hydrogen-bond donors (Lipinski definition) is 0. The molecule has 49 heavy (non-hydrogen) atoms. The van der Waals surface area contributed by atoms with Crippen molar-refractivity contribution in [3.05, 3.63) is 175 Å². The SMILES string of the molecule is Cc1ccc(N(c2ccc(C)cc2)c2cccc(-c3ccccc3-c3cc4c(c5ccccc35)c3c5ccccc5ccc3n4C)c2)cc1. The van der Waals surface area contributed by atoms with Gasteiger partial charge in [-0.25, -0.2) is 0 Å². The van der Waals surface area contributed by atoms with Gasteiger partial charge in [0.25, 0.3) is 0 Å². The highest BCUT2D eigenvalue weighted by Gasteiger charge is 2.20. The van der Waals surface area contributed by atoms with Crippen molar-refractivity contribution in [2.75, 3.05) is 4.90 Å². The number of benzene rings is 8. The minimum Gasteiger partial charge on any atom is -0.344 e. The van der Waals surface area contributed by atoms with Crippen LogP contribution < -0.4 is 4.90 Å². The molecule has 0 unspecified atom stereocenters. The maximum atomic E-state index is 2.42. The Bertz CT molecular complexity index is 2630. The summed E-state index contributed by atoms with van der Waals surface area (Å²) < 4.78 is 2.37. The first-order valence-electron chi connectivity index (χ1n) is 17.0. The molecule has 0 spiro atoms. The van der Waals surface area contributed by atoms with Crippen LogP contribution in [-0.4, -0.2) is 4.57 Å². The number of nitrogens with zero attached hydrogens (tertiary/aromatic N) is 2. The average molecular weight is 629 g/mol. The van der Waals surface area contributed by atoms with E-state index in [9.17, 15) is 0 Å². The molecule has 9 rings (SSSR count). The summed E-state index contributed by atoms with van der Waals surface area (Å²) in [7, 11) is 2.21. The molecule has 0 aliphatic rings. The van der Waals surface area contributed by atoms with E-state index in [4.69, 9.17) is 0 Å². The summed E-state index contributed by atoms with van der Waals surface area (Å²) in [4.78, 5) is 2.35. The molecule has 0 radical (unpaired) electrons. The van der Waals surface area contributed by atoms with E-state index >= 15 is 0 Å². The number of aromatic nitrogens is 1. The van der Waals surface area contributed by atoms with Gasteiger partial charge in [0.05, 0.1) is 5.52 Å². The minimum atomic E-state index is 1.13. The lowest BCUT2D eigenvalue weighted by Crippen LogP contribution is -2.10. The summed E-state index contributed by atoms with van der Waals surface area (Å²) in [6, 6.07) is 60.1. The molecule has 0 fully saturated rings. The molecule has 0 aliphatic carbocycles. The van der Waals surface area contributed by atoms with E-state index in [1.807, 2.05) is 0 Å². The minimum absolute atomic E-state index is 1.13. The van der Waals surface area contributed by atoms with E-state index in [1.54, 1.807) is 0 Å². The molecule has 0 amide bonds. The van der Waals surface area contributed by atoms with Crippen LogP contribution in [-0.2, 0) is 7.05 Å². The maximum Gasteiger partial charge on any atom is 0.0501 e. The van der Waals surface area contributed by atoms with Crippen LogP contribution in [0.25, 0.3) is 65.6 Å². The first-order valence-corrected chi connectivity index (χ1v) is 17.0. The zero-order chi connectivity index (χ0) is 33.1. The fraction of sp³-hybridized carbons (Fsp3) is 0.0638. The van der Waals surface area contributed by atoms with Crippen molar-refractivity contribution in [2.45, 2.75) is 13.8 Å². The second-order valence-electron chi connectivity index (χ2n) is 13.2. The first-order chi connectivity index (χ1) is 24.0. The predicted octanol–water partition coefficient (Wildman–Crippen LogP) is 13.1. The second-order valence-corrected chi connectivity index (χ2v) is 13.2. The average Bonchev–Trinajstić information content (AvgIpc) is 3.45. The van der Waals surface area contributed by atoms with Gasteiger partial charge in [-0.05, 0) is 106 Å². The zero-order valence-corrected chi connectivity index (χ0v) is 28.0. The van der Waals surface area contributed by atoms with Gasteiger partial charge in [-0.1, -0.05) is 126 Å². The van der Waals surface area contributed by atoms with E-state index in [-0.39, 0.29) is 0 Å². The monoisotopic (exact) mass is 628 g/mol. The van der Waals surface area contributed by atoms with Crippen LogP contribution in [0.5, 0.6) is 0 Å². The van der Waals surface area contributed by atoms with Gasteiger partial charge >= 0.3 is 0 Å². The van der Waals surface area contributed by atoms with Crippen molar-refractivity contribution in [3.8, 4) is 22.3 Å². The van der Waals surface area contributed by atoms with Crippen molar-refractivity contribution in [1.29, 1.82) is 0 Å². The Morgan fingerprint density at radius 3 is 1.71 bits per heavy atom. The summed E-state index contributed by atoms with van der Waals surface area (Å²) in [6.07, 6.45) is 0. The number of hydrogen-bond acceptors (Lipinski definition) is 1. The van der Waals surface area contributed by atoms with Crippen molar-refractivity contribution in [2.24, 2.45) is 7.05 Å². The number of rotatable bonds is 5. The molecule has 0 bridgehead atoms. The maximum absolute atomic E-state index is 2.42. The normalized spacial score (nSPS) is 11.6. The Hall–Kier alpha value is -6.12. The molecular weight excluding hydrogens is 593 g/mol. The second kappa shape index (κ2) is 11.5. The molecule has 9 aromatic rings. The standard InChI is InChI=1S/C47H36N2/c1-31-19-24-35(25-20-31)49(36-26-21-32(2)22-27-36)37-13-10-12-34(29-37)38-14-6-7-16-40(38)43-30-45-47(42-18-9-8-17-41(42)43)46-39-15-5-4-11-33(39)23-28-44(46)48(45)3/h4-30H,1-3H3. The van der Waals surface area contributed by atoms with E-state index in [0.717, 1.165) is 17.1 Å². The van der Waals surface area contributed by atoms with Gasteiger partial charge in [0.15, 0.2) is 0 Å². The molecule has 234 valence electrons. The third kappa shape index (κ3) is 4.79. The highest BCUT2D eigenvalue weighted by Crippen LogP contribution is 2.45. The third-order valence-electron chi connectivity index (χ3n) is 10.1. The third-order valence-corrected chi connectivity index (χ3v) is 10.1. The van der Waals surface area contributed by atoms with Gasteiger partial charge in [-0.3, -0.25) is 0 Å². The van der Waals surface area contributed by atoms with Crippen LogP contribution in [0.4, 0.5) is 17.1 Å². The van der Waals surface area contributed by atoms with Crippen LogP contribution in [0, 0.1) is 13.8 Å². The Kier molecular flexibility index (Phi) is 6.84. The number of fused-ring (bicyclic) bond motifs is 7. The van der Waals surface area contributed by atoms with E-state index in [2.05, 4.69) is 194 Å². The fourth-order valence-corrected chi connectivity index (χ4v) is 7.66. The van der Waals surface area contributed by atoms with Crippen molar-refractivity contribution < 1.29 is 0 Å². The molecule has 0 N–H and O–H groups in total. The van der Waals surface area contributed by atoms with Crippen molar-refractivity contribution in [1.82, 2.24) is 4.57 Å². The molecule has 8 aromatic carbocycles. The Morgan fingerprint density at radius 1 is 0.408 bits per heavy atom. The molecule has 0 saturated carbocycles. The molecule has 2 nitrogen and oxygen atoms in total.